The van der Waals surface area contributed by atoms with E-state index < -0.39 is 12.0 Å². The summed E-state index contributed by atoms with van der Waals surface area (Å²) in [5, 5.41) is 0. The number of rotatable bonds is 3. The number of hydrazine groups is 1. The number of carbonyl (C=O) groups excluding carboxylic acids is 2. The van der Waals surface area contributed by atoms with Gasteiger partial charge in [-0.05, 0) is 79.9 Å². The summed E-state index contributed by atoms with van der Waals surface area (Å²) in [6.45, 7) is 0. The predicted octanol–water partition coefficient (Wildman–Crippen LogP) is 2.88. The minimum absolute atomic E-state index is 0.119. The Morgan fingerprint density at radius 1 is 1.07 bits per heavy atom. The molecule has 2 N–H and O–H groups in total. The molecule has 1 atom stereocenters. The van der Waals surface area contributed by atoms with Crippen LogP contribution in [-0.2, 0) is 16.0 Å². The molecule has 1 aliphatic heterocycles. The summed E-state index contributed by atoms with van der Waals surface area (Å²) < 4.78 is 18.8. The van der Waals surface area contributed by atoms with Gasteiger partial charge in [-0.2, -0.15) is 0 Å². The maximum absolute atomic E-state index is 13.3. The molecule has 1 aromatic rings. The smallest absolute Gasteiger partial charge is 0.279 e. The molecule has 0 aromatic heterocycles. The summed E-state index contributed by atoms with van der Waals surface area (Å²) in [6.07, 6.45) is 7.58. The quantitative estimate of drug-likeness (QED) is 0.802. The van der Waals surface area contributed by atoms with E-state index in [1.807, 2.05) is 0 Å². The number of hydrogen-bond acceptors (Lipinski definition) is 3. The Balaban J connectivity index is 1.14. The zero-order chi connectivity index (χ0) is 18.6. The third-order valence-electron chi connectivity index (χ3n) is 7.02. The van der Waals surface area contributed by atoms with E-state index in [9.17, 15) is 14.0 Å². The lowest BCUT2D eigenvalue weighted by molar-refractivity contribution is -0.136. The standard InChI is InChI=1S/C21H25FN2O3/c22-16-1-2-17-15(6-16)7-18(27-17)20(26)24-23-19(25)11-21-8-12-3-13(9-21)5-14(4-12)10-21/h1-2,6,12-14,18H,3-5,7-11H2,(H,23,25)(H,24,26)/t12?,13?,14?,18-,21?/m0/s1. The van der Waals surface area contributed by atoms with Crippen molar-refractivity contribution < 1.29 is 18.7 Å². The maximum atomic E-state index is 13.3. The molecule has 5 nitrogen and oxygen atoms in total. The molecule has 6 rings (SSSR count). The fourth-order valence-electron chi connectivity index (χ4n) is 6.47. The van der Waals surface area contributed by atoms with Crippen molar-refractivity contribution in [2.75, 3.05) is 0 Å². The Labute approximate surface area is 158 Å². The molecule has 4 fully saturated rings. The van der Waals surface area contributed by atoms with E-state index in [1.165, 1.54) is 37.5 Å². The van der Waals surface area contributed by atoms with Crippen molar-refractivity contribution in [1.82, 2.24) is 10.9 Å². The van der Waals surface area contributed by atoms with Gasteiger partial charge in [0.25, 0.3) is 5.91 Å². The van der Waals surface area contributed by atoms with Crippen molar-refractivity contribution in [3.05, 3.63) is 29.6 Å². The number of fused-ring (bicyclic) bond motifs is 1. The number of amides is 2. The number of carbonyl (C=O) groups is 2. The minimum atomic E-state index is -0.735. The van der Waals surface area contributed by atoms with Crippen LogP contribution in [0.3, 0.4) is 0 Å². The topological polar surface area (TPSA) is 67.4 Å². The van der Waals surface area contributed by atoms with Gasteiger partial charge in [-0.25, -0.2) is 4.39 Å². The fraction of sp³-hybridized carbons (Fsp3) is 0.619. The monoisotopic (exact) mass is 372 g/mol. The largest absolute Gasteiger partial charge is 0.480 e. The molecule has 2 amide bonds. The lowest BCUT2D eigenvalue weighted by Gasteiger charge is -2.56. The number of benzene rings is 1. The molecule has 0 radical (unpaired) electrons. The summed E-state index contributed by atoms with van der Waals surface area (Å²) >= 11 is 0. The van der Waals surface area contributed by atoms with E-state index in [0.29, 0.717) is 24.2 Å². The Morgan fingerprint density at radius 3 is 2.41 bits per heavy atom. The van der Waals surface area contributed by atoms with Crippen LogP contribution >= 0.6 is 0 Å². The second-order valence-electron chi connectivity index (χ2n) is 9.19. The Hall–Kier alpha value is -2.11. The van der Waals surface area contributed by atoms with Crippen molar-refractivity contribution in [1.29, 1.82) is 0 Å². The first-order valence-corrected chi connectivity index (χ1v) is 10.0. The normalized spacial score (nSPS) is 35.4. The van der Waals surface area contributed by atoms with Crippen LogP contribution in [0, 0.1) is 29.0 Å². The highest BCUT2D eigenvalue weighted by Gasteiger charge is 2.51. The first kappa shape index (κ1) is 17.0. The molecule has 27 heavy (non-hydrogen) atoms. The van der Waals surface area contributed by atoms with Crippen LogP contribution in [0.2, 0.25) is 0 Å². The number of nitrogens with one attached hydrogen (secondary N) is 2. The number of hydrogen-bond donors (Lipinski definition) is 2. The van der Waals surface area contributed by atoms with Crippen LogP contribution < -0.4 is 15.6 Å². The van der Waals surface area contributed by atoms with E-state index >= 15 is 0 Å². The summed E-state index contributed by atoms with van der Waals surface area (Å²) in [5.74, 6) is 2.05. The molecular formula is C21H25FN2O3. The van der Waals surface area contributed by atoms with Gasteiger partial charge in [0.05, 0.1) is 0 Å². The summed E-state index contributed by atoms with van der Waals surface area (Å²) in [4.78, 5) is 24.8. The molecule has 1 aromatic carbocycles. The first-order chi connectivity index (χ1) is 13.0. The van der Waals surface area contributed by atoms with E-state index in [0.717, 1.165) is 37.0 Å². The van der Waals surface area contributed by atoms with Gasteiger partial charge in [0.15, 0.2) is 6.10 Å². The third kappa shape index (κ3) is 3.19. The average molecular weight is 372 g/mol. The van der Waals surface area contributed by atoms with E-state index in [1.54, 1.807) is 0 Å². The molecule has 0 unspecified atom stereocenters. The summed E-state index contributed by atoms with van der Waals surface area (Å²) in [5.41, 5.74) is 5.90. The van der Waals surface area contributed by atoms with Crippen molar-refractivity contribution >= 4 is 11.8 Å². The minimum Gasteiger partial charge on any atom is -0.480 e. The van der Waals surface area contributed by atoms with Gasteiger partial charge in [-0.15, -0.1) is 0 Å². The zero-order valence-corrected chi connectivity index (χ0v) is 15.3. The second kappa shape index (κ2) is 6.21. The van der Waals surface area contributed by atoms with Gasteiger partial charge in [0.1, 0.15) is 11.6 Å². The number of halogens is 1. The van der Waals surface area contributed by atoms with E-state index in [-0.39, 0.29) is 17.1 Å². The average Bonchev–Trinajstić information content (AvgIpc) is 3.01. The van der Waals surface area contributed by atoms with E-state index in [2.05, 4.69) is 10.9 Å². The van der Waals surface area contributed by atoms with Crippen molar-refractivity contribution in [3.63, 3.8) is 0 Å². The van der Waals surface area contributed by atoms with E-state index in [4.69, 9.17) is 4.74 Å². The van der Waals surface area contributed by atoms with Crippen LogP contribution in [0.5, 0.6) is 5.75 Å². The van der Waals surface area contributed by atoms with Crippen molar-refractivity contribution in [2.45, 2.75) is 57.5 Å². The molecule has 0 saturated heterocycles. The first-order valence-electron chi connectivity index (χ1n) is 10.0. The van der Waals surface area contributed by atoms with Crippen molar-refractivity contribution in [3.8, 4) is 5.75 Å². The summed E-state index contributed by atoms with van der Waals surface area (Å²) in [6, 6.07) is 4.23. The highest BCUT2D eigenvalue weighted by Crippen LogP contribution is 2.61. The van der Waals surface area contributed by atoms with Gasteiger partial charge >= 0.3 is 0 Å². The molecule has 4 aliphatic carbocycles. The third-order valence-corrected chi connectivity index (χ3v) is 7.02. The molecule has 4 bridgehead atoms. The van der Waals surface area contributed by atoms with Crippen LogP contribution in [0.25, 0.3) is 0 Å². The molecule has 6 heteroatoms. The number of ether oxygens (including phenoxy) is 1. The summed E-state index contributed by atoms with van der Waals surface area (Å²) in [7, 11) is 0. The van der Waals surface area contributed by atoms with Gasteiger partial charge in [0, 0.05) is 18.4 Å². The van der Waals surface area contributed by atoms with Gasteiger partial charge in [-0.3, -0.25) is 20.4 Å². The lowest BCUT2D eigenvalue weighted by atomic mass is 9.49. The highest BCUT2D eigenvalue weighted by atomic mass is 19.1. The van der Waals surface area contributed by atoms with Crippen LogP contribution in [0.1, 0.15) is 50.5 Å². The Bertz CT molecular complexity index is 758. The van der Waals surface area contributed by atoms with Crippen LogP contribution in [0.15, 0.2) is 18.2 Å². The fourth-order valence-corrected chi connectivity index (χ4v) is 6.47. The van der Waals surface area contributed by atoms with Gasteiger partial charge in [-0.1, -0.05) is 0 Å². The molecular weight excluding hydrogens is 347 g/mol. The van der Waals surface area contributed by atoms with Crippen LogP contribution in [-0.4, -0.2) is 17.9 Å². The SMILES string of the molecule is O=C(CC12CC3CC(CC(C3)C1)C2)NNC(=O)[C@@H]1Cc2cc(F)ccc2O1. The molecule has 1 heterocycles. The molecule has 4 saturated carbocycles. The molecule has 0 spiro atoms. The maximum Gasteiger partial charge on any atom is 0.279 e. The Morgan fingerprint density at radius 2 is 1.74 bits per heavy atom. The molecule has 5 aliphatic rings. The molecule has 144 valence electrons. The predicted molar refractivity (Wildman–Crippen MR) is 96.0 cm³/mol. The van der Waals surface area contributed by atoms with Gasteiger partial charge < -0.3 is 4.74 Å². The highest BCUT2D eigenvalue weighted by molar-refractivity contribution is 5.86. The zero-order valence-electron chi connectivity index (χ0n) is 15.3. The van der Waals surface area contributed by atoms with Gasteiger partial charge in [0.2, 0.25) is 5.91 Å². The van der Waals surface area contributed by atoms with Crippen molar-refractivity contribution in [2.24, 2.45) is 23.2 Å². The second-order valence-corrected chi connectivity index (χ2v) is 9.19. The van der Waals surface area contributed by atoms with Crippen LogP contribution in [0.4, 0.5) is 4.39 Å². The lowest BCUT2D eigenvalue weighted by Crippen LogP contribution is -2.51. The Kier molecular flexibility index (Phi) is 3.92.